The van der Waals surface area contributed by atoms with Crippen molar-refractivity contribution in [3.63, 3.8) is 0 Å². The largest absolute Gasteiger partial charge is 0.384 e. The number of amides is 1. The molecular weight excluding hydrogens is 454 g/mol. The summed E-state index contributed by atoms with van der Waals surface area (Å²) in [5, 5.41) is 3.04. The number of benzene rings is 2. The van der Waals surface area contributed by atoms with Crippen molar-refractivity contribution >= 4 is 23.5 Å². The summed E-state index contributed by atoms with van der Waals surface area (Å²) in [6.45, 7) is 4.30. The van der Waals surface area contributed by atoms with Crippen LogP contribution in [-0.2, 0) is 11.3 Å². The number of fused-ring (bicyclic) bond motifs is 8. The monoisotopic (exact) mass is 478 g/mol. The molecule has 2 unspecified atom stereocenters. The molecule has 5 nitrogen and oxygen atoms in total. The number of nitrogen functional groups attached to an aromatic ring is 1. The minimum Gasteiger partial charge on any atom is -0.384 e. The molecule has 0 fully saturated rings. The number of nitrogens with one attached hydrogen (secondary N) is 1. The van der Waals surface area contributed by atoms with E-state index in [4.69, 9.17) is 10.5 Å². The maximum Gasteiger partial charge on any atom is 0.251 e. The lowest BCUT2D eigenvalue weighted by Gasteiger charge is -2.17. The van der Waals surface area contributed by atoms with E-state index in [1.54, 1.807) is 11.8 Å². The number of rotatable bonds is 5. The second kappa shape index (κ2) is 8.51. The van der Waals surface area contributed by atoms with Gasteiger partial charge >= 0.3 is 0 Å². The number of carbonyl (C=O) groups is 1. The van der Waals surface area contributed by atoms with Gasteiger partial charge in [0.1, 0.15) is 24.1 Å². The van der Waals surface area contributed by atoms with Crippen molar-refractivity contribution in [3.8, 4) is 0 Å². The molecular formula is C29H24N3O2S+. The van der Waals surface area contributed by atoms with E-state index < -0.39 is 0 Å². The summed E-state index contributed by atoms with van der Waals surface area (Å²) in [4.78, 5) is 19.6. The number of nitrogens with zero attached hydrogens (tertiary/aromatic N) is 1. The van der Waals surface area contributed by atoms with Crippen molar-refractivity contribution in [1.29, 1.82) is 0 Å². The number of hydrogen-bond acceptors (Lipinski definition) is 5. The first kappa shape index (κ1) is 21.8. The molecule has 2 atom stereocenters. The zero-order valence-corrected chi connectivity index (χ0v) is 20.3. The van der Waals surface area contributed by atoms with Gasteiger partial charge < -0.3 is 15.8 Å². The number of nitrogens with two attached hydrogens (primary N) is 1. The Labute approximate surface area is 208 Å². The molecule has 3 N–H and O–H groups in total. The standard InChI is InChI=1S/C29H23N3O2S/c1-16-12-26(30)32-17(2)25(16)15-31-29(33)18-8-10-21-23(13-18)28-24-14-20(9-11-22(24)27(21)34-28)35-19-6-4-3-5-7-19/h3-6,8-14,27-28H,15H2,1-2H3,(H2-,30,31,32,33)/p+1. The number of anilines is 1. The molecule has 1 aliphatic carbocycles. The van der Waals surface area contributed by atoms with Crippen LogP contribution in [0.25, 0.3) is 0 Å². The number of carbonyl (C=O) groups excluding carboxylic acids is 1. The van der Waals surface area contributed by atoms with E-state index in [1.807, 2.05) is 56.3 Å². The van der Waals surface area contributed by atoms with E-state index in [0.29, 0.717) is 17.9 Å². The number of pyridine rings is 1. The Morgan fingerprint density at radius 3 is 2.60 bits per heavy atom. The van der Waals surface area contributed by atoms with Crippen molar-refractivity contribution in [1.82, 2.24) is 10.3 Å². The van der Waals surface area contributed by atoms with E-state index in [-0.39, 0.29) is 18.1 Å². The summed E-state index contributed by atoms with van der Waals surface area (Å²) in [5.74, 6) is 0.378. The number of ether oxygens (including phenoxy) is 1. The Morgan fingerprint density at radius 1 is 1.06 bits per heavy atom. The zero-order valence-electron chi connectivity index (χ0n) is 19.5. The summed E-state index contributed by atoms with van der Waals surface area (Å²) in [6, 6.07) is 14.2. The predicted octanol–water partition coefficient (Wildman–Crippen LogP) is 5.64. The van der Waals surface area contributed by atoms with Crippen molar-refractivity contribution in [2.75, 3.05) is 5.73 Å². The van der Waals surface area contributed by atoms with Gasteiger partial charge in [-0.25, -0.2) is 4.98 Å². The summed E-state index contributed by atoms with van der Waals surface area (Å²) < 4.78 is 6.36. The molecule has 172 valence electrons. The van der Waals surface area contributed by atoms with Gasteiger partial charge in [0.25, 0.3) is 5.91 Å². The van der Waals surface area contributed by atoms with Gasteiger partial charge in [0.2, 0.25) is 0 Å². The van der Waals surface area contributed by atoms with Crippen molar-refractivity contribution in [2.24, 2.45) is 0 Å². The van der Waals surface area contributed by atoms with Gasteiger partial charge in [-0.05, 0) is 77.6 Å². The highest BCUT2D eigenvalue weighted by molar-refractivity contribution is 8.03. The minimum atomic E-state index is -0.149. The Bertz CT molecular complexity index is 1450. The summed E-state index contributed by atoms with van der Waals surface area (Å²) >= 11 is 1.69. The first-order valence-corrected chi connectivity index (χ1v) is 12.4. The van der Waals surface area contributed by atoms with Crippen LogP contribution in [0.15, 0.2) is 76.6 Å². The Kier molecular flexibility index (Phi) is 5.30. The van der Waals surface area contributed by atoms with E-state index in [9.17, 15) is 4.79 Å². The van der Waals surface area contributed by atoms with Gasteiger partial charge in [-0.1, -0.05) is 23.9 Å². The second-order valence-electron chi connectivity index (χ2n) is 8.97. The van der Waals surface area contributed by atoms with Crippen LogP contribution in [0.3, 0.4) is 0 Å². The molecule has 3 aliphatic rings. The number of aryl methyl sites for hydroxylation is 2. The SMILES string of the molecule is Cc1cc(N)nc(C)c1CNC(=O)c1ccc2c(c1)C1OC2c2ccc(SC3=CC=CC=[C+]3)cc21. The molecule has 2 aliphatic heterocycles. The molecule has 1 amide bonds. The van der Waals surface area contributed by atoms with Crippen molar-refractivity contribution < 1.29 is 9.53 Å². The quantitative estimate of drug-likeness (QED) is 0.464. The van der Waals surface area contributed by atoms with Crippen molar-refractivity contribution in [3.05, 3.63) is 122 Å². The third-order valence-electron chi connectivity index (χ3n) is 6.72. The highest BCUT2D eigenvalue weighted by Crippen LogP contribution is 2.55. The van der Waals surface area contributed by atoms with Crippen LogP contribution in [-0.4, -0.2) is 10.9 Å². The van der Waals surface area contributed by atoms with Gasteiger partial charge in [-0.2, -0.15) is 0 Å². The lowest BCUT2D eigenvalue weighted by Crippen LogP contribution is -2.24. The Balaban J connectivity index is 1.22. The minimum absolute atomic E-state index is 0.0735. The van der Waals surface area contributed by atoms with Crippen molar-refractivity contribution in [2.45, 2.75) is 37.5 Å². The fraction of sp³-hybridized carbons (Fsp3) is 0.172. The first-order valence-electron chi connectivity index (χ1n) is 11.6. The normalized spacial score (nSPS) is 18.6. The molecule has 3 heterocycles. The average molecular weight is 479 g/mol. The maximum atomic E-state index is 13.0. The molecule has 6 heteroatoms. The fourth-order valence-corrected chi connectivity index (χ4v) is 5.87. The Morgan fingerprint density at radius 2 is 1.83 bits per heavy atom. The topological polar surface area (TPSA) is 77.2 Å². The van der Waals surface area contributed by atoms with Gasteiger partial charge in [-0.3, -0.25) is 4.79 Å². The lowest BCUT2D eigenvalue weighted by molar-refractivity contribution is 0.0857. The van der Waals surface area contributed by atoms with Gasteiger partial charge in [0, 0.05) is 28.8 Å². The van der Waals surface area contributed by atoms with Gasteiger partial charge in [-0.15, -0.1) is 0 Å². The maximum absolute atomic E-state index is 13.0. The molecule has 1 aromatic heterocycles. The Hall–Kier alpha value is -3.70. The highest BCUT2D eigenvalue weighted by Gasteiger charge is 2.43. The second-order valence-corrected chi connectivity index (χ2v) is 10.1. The average Bonchev–Trinajstić information content (AvgIpc) is 3.41. The van der Waals surface area contributed by atoms with E-state index in [0.717, 1.165) is 37.7 Å². The lowest BCUT2D eigenvalue weighted by atomic mass is 9.85. The van der Waals surface area contributed by atoms with Crippen LogP contribution in [0.4, 0.5) is 5.82 Å². The molecule has 0 spiro atoms. The highest BCUT2D eigenvalue weighted by atomic mass is 32.2. The van der Waals surface area contributed by atoms with Crippen LogP contribution in [0.2, 0.25) is 0 Å². The van der Waals surface area contributed by atoms with E-state index in [2.05, 4.69) is 40.7 Å². The molecule has 6 rings (SSSR count). The summed E-state index contributed by atoms with van der Waals surface area (Å²) in [6.07, 6.45) is 11.0. The van der Waals surface area contributed by atoms with Crippen LogP contribution >= 0.6 is 11.8 Å². The van der Waals surface area contributed by atoms with Crippen LogP contribution in [0.5, 0.6) is 0 Å². The molecule has 35 heavy (non-hydrogen) atoms. The molecule has 3 aromatic rings. The molecule has 0 saturated heterocycles. The van der Waals surface area contributed by atoms with Crippen LogP contribution in [0, 0.1) is 19.9 Å². The first-order chi connectivity index (χ1) is 17.0. The smallest absolute Gasteiger partial charge is 0.251 e. The fourth-order valence-electron chi connectivity index (χ4n) is 5.02. The number of aromatic nitrogens is 1. The number of thioether (sulfide) groups is 1. The zero-order chi connectivity index (χ0) is 24.1. The number of hydrogen-bond donors (Lipinski definition) is 2. The predicted molar refractivity (Wildman–Crippen MR) is 138 cm³/mol. The van der Waals surface area contributed by atoms with Gasteiger partial charge in [0.15, 0.2) is 4.91 Å². The third-order valence-corrected chi connectivity index (χ3v) is 7.68. The summed E-state index contributed by atoms with van der Waals surface area (Å²) in [5.41, 5.74) is 13.9. The molecule has 2 aromatic carbocycles. The number of allylic oxidation sites excluding steroid dienone is 5. The van der Waals surface area contributed by atoms with Crippen LogP contribution < -0.4 is 11.1 Å². The molecule has 2 bridgehead atoms. The van der Waals surface area contributed by atoms with E-state index >= 15 is 0 Å². The van der Waals surface area contributed by atoms with E-state index in [1.165, 1.54) is 11.1 Å². The summed E-state index contributed by atoms with van der Waals surface area (Å²) in [7, 11) is 0. The third kappa shape index (κ3) is 3.86. The van der Waals surface area contributed by atoms with Crippen LogP contribution in [0.1, 0.15) is 61.6 Å². The molecule has 0 radical (unpaired) electrons. The van der Waals surface area contributed by atoms with Gasteiger partial charge in [0.05, 0.1) is 18.2 Å². The molecule has 0 saturated carbocycles.